The summed E-state index contributed by atoms with van der Waals surface area (Å²) in [5.41, 5.74) is 4.92. The Kier molecular flexibility index (Phi) is 6.81. The molecule has 0 bridgehead atoms. The maximum Gasteiger partial charge on any atom is 0.183 e. The summed E-state index contributed by atoms with van der Waals surface area (Å²) >= 11 is 0.265. The van der Waals surface area contributed by atoms with Gasteiger partial charge in [0.1, 0.15) is 17.2 Å². The Morgan fingerprint density at radius 3 is 2.53 bits per heavy atom. The van der Waals surface area contributed by atoms with Crippen molar-refractivity contribution in [3.8, 4) is 11.4 Å². The van der Waals surface area contributed by atoms with Crippen molar-refractivity contribution in [1.29, 1.82) is 0 Å². The summed E-state index contributed by atoms with van der Waals surface area (Å²) in [5.74, 6) is 3.10. The summed E-state index contributed by atoms with van der Waals surface area (Å²) in [6.07, 6.45) is 6.51. The lowest BCUT2D eigenvalue weighted by molar-refractivity contribution is 0.373. The minimum Gasteiger partial charge on any atom is -0.368 e. The van der Waals surface area contributed by atoms with Gasteiger partial charge in [0.15, 0.2) is 11.5 Å². The second kappa shape index (κ2) is 10.1. The molecule has 0 amide bonds. The highest BCUT2D eigenvalue weighted by molar-refractivity contribution is 7.94. The lowest BCUT2D eigenvalue weighted by Gasteiger charge is -2.22. The molecular weight excluding hydrogens is 445 g/mol. The van der Waals surface area contributed by atoms with Crippen LogP contribution in [-0.2, 0) is 6.54 Å². The molecule has 2 aromatic heterocycles. The molecule has 1 aliphatic rings. The first-order valence-electron chi connectivity index (χ1n) is 12.0. The van der Waals surface area contributed by atoms with Crippen LogP contribution in [0, 0.1) is 19.8 Å². The molecule has 7 heteroatoms. The molecule has 0 radical (unpaired) electrons. The molecule has 5 nitrogen and oxygen atoms in total. The van der Waals surface area contributed by atoms with Crippen molar-refractivity contribution in [1.82, 2.24) is 19.5 Å². The van der Waals surface area contributed by atoms with Gasteiger partial charge in [-0.1, -0.05) is 55.2 Å². The molecule has 0 spiro atoms. The summed E-state index contributed by atoms with van der Waals surface area (Å²) in [7, 11) is 0. The van der Waals surface area contributed by atoms with E-state index >= 15 is 0 Å². The van der Waals surface area contributed by atoms with Crippen LogP contribution in [0.2, 0.25) is 0 Å². The Labute approximate surface area is 204 Å². The zero-order valence-corrected chi connectivity index (χ0v) is 20.5. The topological polar surface area (TPSA) is 55.6 Å². The Morgan fingerprint density at radius 1 is 1.00 bits per heavy atom. The first-order chi connectivity index (χ1) is 16.6. The maximum absolute atomic E-state index is 13.0. The van der Waals surface area contributed by atoms with Gasteiger partial charge in [-0.3, -0.25) is 0 Å². The number of hydrogen-bond donors (Lipinski definition) is 1. The standard InChI is InChI=1S/C27H30FN5S/c1-18-7-6-10-22(15-18)27-32-26-24(33(27)17-21-11-13-23(34-28)14-12-21)25(30-19(2)31-26)29-16-20-8-4-3-5-9-20/h6-7,10-15,20H,3-5,8-9,16-17H2,1-2H3,(H,29,30,31). The molecular formula is C27H30FN5S. The van der Waals surface area contributed by atoms with Gasteiger partial charge in [0.05, 0.1) is 12.1 Å². The summed E-state index contributed by atoms with van der Waals surface area (Å²) in [6, 6.07) is 15.9. The predicted molar refractivity (Wildman–Crippen MR) is 138 cm³/mol. The SMILES string of the molecule is Cc1cccc(-c2nc3nc(C)nc(NCC4CCCCC4)c3n2Cc2ccc(SF)cc2)c1. The van der Waals surface area contributed by atoms with E-state index in [-0.39, 0.29) is 12.1 Å². The number of halogens is 1. The fourth-order valence-electron chi connectivity index (χ4n) is 4.89. The zero-order chi connectivity index (χ0) is 23.5. The Balaban J connectivity index is 1.60. The van der Waals surface area contributed by atoms with Crippen LogP contribution in [0.1, 0.15) is 49.1 Å². The summed E-state index contributed by atoms with van der Waals surface area (Å²) in [5, 5.41) is 3.65. The van der Waals surface area contributed by atoms with E-state index in [1.165, 1.54) is 37.7 Å². The average Bonchev–Trinajstić information content (AvgIpc) is 3.21. The lowest BCUT2D eigenvalue weighted by atomic mass is 9.89. The van der Waals surface area contributed by atoms with Crippen molar-refractivity contribution in [3.63, 3.8) is 0 Å². The largest absolute Gasteiger partial charge is 0.368 e. The molecule has 0 unspecified atom stereocenters. The van der Waals surface area contributed by atoms with Crippen molar-refractivity contribution >= 4 is 29.1 Å². The number of nitrogens with zero attached hydrogens (tertiary/aromatic N) is 4. The van der Waals surface area contributed by atoms with Gasteiger partial charge in [0.2, 0.25) is 0 Å². The zero-order valence-electron chi connectivity index (χ0n) is 19.7. The van der Waals surface area contributed by atoms with Crippen LogP contribution in [0.3, 0.4) is 0 Å². The quantitative estimate of drug-likeness (QED) is 0.308. The molecule has 5 rings (SSSR count). The van der Waals surface area contributed by atoms with Crippen LogP contribution in [0.5, 0.6) is 0 Å². The van der Waals surface area contributed by atoms with Crippen LogP contribution in [-0.4, -0.2) is 26.1 Å². The highest BCUT2D eigenvalue weighted by Gasteiger charge is 2.20. The molecule has 4 aromatic rings. The van der Waals surface area contributed by atoms with Gasteiger partial charge in [0, 0.05) is 23.5 Å². The monoisotopic (exact) mass is 475 g/mol. The molecule has 2 heterocycles. The minimum atomic E-state index is 0.265. The second-order valence-corrected chi connectivity index (χ2v) is 9.91. The molecule has 1 fully saturated rings. The maximum atomic E-state index is 13.0. The number of anilines is 1. The lowest BCUT2D eigenvalue weighted by Crippen LogP contribution is -2.18. The van der Waals surface area contributed by atoms with E-state index in [9.17, 15) is 3.89 Å². The van der Waals surface area contributed by atoms with Crippen LogP contribution in [0.4, 0.5) is 9.70 Å². The van der Waals surface area contributed by atoms with Gasteiger partial charge in [-0.2, -0.15) is 3.89 Å². The van der Waals surface area contributed by atoms with Gasteiger partial charge in [-0.05, 0) is 56.4 Å². The highest BCUT2D eigenvalue weighted by atomic mass is 32.2. The molecule has 34 heavy (non-hydrogen) atoms. The van der Waals surface area contributed by atoms with Crippen LogP contribution in [0.25, 0.3) is 22.6 Å². The van der Waals surface area contributed by atoms with Crippen LogP contribution >= 0.6 is 12.1 Å². The molecule has 0 atom stereocenters. The molecule has 0 aliphatic heterocycles. The minimum absolute atomic E-state index is 0.265. The summed E-state index contributed by atoms with van der Waals surface area (Å²) in [6.45, 7) is 5.52. The highest BCUT2D eigenvalue weighted by Crippen LogP contribution is 2.31. The number of nitrogens with one attached hydrogen (secondary N) is 1. The number of rotatable bonds is 7. The first kappa shape index (κ1) is 22.8. The van der Waals surface area contributed by atoms with E-state index in [2.05, 4.69) is 41.1 Å². The van der Waals surface area contributed by atoms with E-state index in [0.717, 1.165) is 34.8 Å². The molecule has 1 saturated carbocycles. The summed E-state index contributed by atoms with van der Waals surface area (Å²) in [4.78, 5) is 15.1. The molecule has 176 valence electrons. The van der Waals surface area contributed by atoms with Gasteiger partial charge < -0.3 is 9.88 Å². The third-order valence-electron chi connectivity index (χ3n) is 6.63. The predicted octanol–water partition coefficient (Wildman–Crippen LogP) is 7.13. The van der Waals surface area contributed by atoms with Gasteiger partial charge in [-0.25, -0.2) is 15.0 Å². The van der Waals surface area contributed by atoms with Crippen molar-refractivity contribution in [2.24, 2.45) is 5.92 Å². The average molecular weight is 476 g/mol. The van der Waals surface area contributed by atoms with Crippen molar-refractivity contribution < 1.29 is 3.89 Å². The van der Waals surface area contributed by atoms with Gasteiger partial charge >= 0.3 is 0 Å². The van der Waals surface area contributed by atoms with Gasteiger partial charge in [-0.15, -0.1) is 0 Å². The summed E-state index contributed by atoms with van der Waals surface area (Å²) < 4.78 is 15.2. The van der Waals surface area contributed by atoms with Crippen molar-refractivity contribution in [3.05, 3.63) is 65.5 Å². The van der Waals surface area contributed by atoms with Crippen molar-refractivity contribution in [2.45, 2.75) is 57.4 Å². The Morgan fingerprint density at radius 2 is 1.79 bits per heavy atom. The Bertz CT molecular complexity index is 1280. The number of hydrogen-bond acceptors (Lipinski definition) is 5. The van der Waals surface area contributed by atoms with E-state index in [4.69, 9.17) is 15.0 Å². The third kappa shape index (κ3) is 4.94. The number of aryl methyl sites for hydroxylation is 2. The molecule has 2 aromatic carbocycles. The number of fused-ring (bicyclic) bond motifs is 1. The van der Waals surface area contributed by atoms with E-state index in [1.807, 2.05) is 31.2 Å². The van der Waals surface area contributed by atoms with Crippen molar-refractivity contribution in [2.75, 3.05) is 11.9 Å². The molecule has 1 N–H and O–H groups in total. The number of aromatic nitrogens is 4. The van der Waals surface area contributed by atoms with Gasteiger partial charge in [0.25, 0.3) is 0 Å². The van der Waals surface area contributed by atoms with E-state index < -0.39 is 0 Å². The fraction of sp³-hybridized carbons (Fsp3) is 0.370. The Hall–Kier alpha value is -2.93. The van der Waals surface area contributed by atoms with Crippen LogP contribution < -0.4 is 5.32 Å². The van der Waals surface area contributed by atoms with E-state index in [0.29, 0.717) is 28.8 Å². The molecule has 1 aliphatic carbocycles. The molecule has 0 saturated heterocycles. The van der Waals surface area contributed by atoms with E-state index in [1.54, 1.807) is 0 Å². The fourth-order valence-corrected chi connectivity index (χ4v) is 5.13. The first-order valence-corrected chi connectivity index (χ1v) is 12.8. The smallest absolute Gasteiger partial charge is 0.183 e. The van der Waals surface area contributed by atoms with Crippen LogP contribution in [0.15, 0.2) is 53.4 Å². The number of benzene rings is 2. The third-order valence-corrected chi connectivity index (χ3v) is 7.08. The number of imidazole rings is 1. The normalized spacial score (nSPS) is 14.6. The second-order valence-electron chi connectivity index (χ2n) is 9.29.